The van der Waals surface area contributed by atoms with Crippen molar-refractivity contribution in [2.24, 2.45) is 7.05 Å². The zero-order chi connectivity index (χ0) is 21.5. The Kier molecular flexibility index (Phi) is 5.16. The van der Waals surface area contributed by atoms with E-state index in [1.165, 1.54) is 6.07 Å². The Labute approximate surface area is 184 Å². The quantitative estimate of drug-likeness (QED) is 0.443. The molecule has 1 aliphatic rings. The van der Waals surface area contributed by atoms with Crippen LogP contribution in [0.4, 0.5) is 4.39 Å². The van der Waals surface area contributed by atoms with E-state index >= 15 is 0 Å². The Morgan fingerprint density at radius 2 is 2.03 bits per heavy atom. The van der Waals surface area contributed by atoms with Gasteiger partial charge in [0.2, 0.25) is 0 Å². The van der Waals surface area contributed by atoms with Crippen molar-refractivity contribution < 1.29 is 9.13 Å². The molecule has 1 saturated heterocycles. The molecule has 0 aliphatic carbocycles. The summed E-state index contributed by atoms with van der Waals surface area (Å²) in [5, 5.41) is 5.31. The highest BCUT2D eigenvalue weighted by Crippen LogP contribution is 2.38. The molecule has 0 saturated carbocycles. The fourth-order valence-corrected chi connectivity index (χ4v) is 4.22. The number of aromatic nitrogens is 5. The van der Waals surface area contributed by atoms with Crippen molar-refractivity contribution in [3.05, 3.63) is 70.6 Å². The second-order valence-electron chi connectivity index (χ2n) is 7.91. The molecule has 158 valence electrons. The molecule has 1 fully saturated rings. The Balaban J connectivity index is 1.60. The van der Waals surface area contributed by atoms with Crippen molar-refractivity contribution in [3.63, 3.8) is 0 Å². The molecule has 6 nitrogen and oxygen atoms in total. The predicted molar refractivity (Wildman–Crippen MR) is 116 cm³/mol. The van der Waals surface area contributed by atoms with Crippen LogP contribution < -0.4 is 0 Å². The molecule has 0 radical (unpaired) electrons. The van der Waals surface area contributed by atoms with Crippen LogP contribution in [0.5, 0.6) is 0 Å². The topological polar surface area (TPSA) is 65.7 Å². The van der Waals surface area contributed by atoms with Crippen LogP contribution >= 0.6 is 11.6 Å². The molecule has 2 atom stereocenters. The fraction of sp³-hybridized carbons (Fsp3) is 0.304. The largest absolute Gasteiger partial charge is 0.373 e. The predicted octanol–water partition coefficient (Wildman–Crippen LogP) is 5.16. The molecule has 1 aromatic carbocycles. The maximum atomic E-state index is 14.8. The van der Waals surface area contributed by atoms with Crippen LogP contribution in [0.2, 0.25) is 5.02 Å². The first-order valence-electron chi connectivity index (χ1n) is 10.2. The number of rotatable bonds is 3. The van der Waals surface area contributed by atoms with Gasteiger partial charge in [-0.2, -0.15) is 5.10 Å². The minimum Gasteiger partial charge on any atom is -0.373 e. The van der Waals surface area contributed by atoms with Gasteiger partial charge in [-0.05, 0) is 50.1 Å². The van der Waals surface area contributed by atoms with Gasteiger partial charge in [0.05, 0.1) is 18.0 Å². The third-order valence-corrected chi connectivity index (χ3v) is 5.88. The van der Waals surface area contributed by atoms with Crippen LogP contribution in [0, 0.1) is 12.7 Å². The molecular formula is C23H21ClFN5O. The molecule has 0 amide bonds. The summed E-state index contributed by atoms with van der Waals surface area (Å²) in [6.07, 6.45) is 5.23. The first-order valence-corrected chi connectivity index (χ1v) is 10.6. The average molecular weight is 438 g/mol. The fourth-order valence-electron chi connectivity index (χ4n) is 4.06. The second kappa shape index (κ2) is 7.98. The van der Waals surface area contributed by atoms with E-state index in [2.05, 4.69) is 10.1 Å². The third kappa shape index (κ3) is 3.91. The summed E-state index contributed by atoms with van der Waals surface area (Å²) in [6, 6.07) is 8.41. The van der Waals surface area contributed by atoms with Gasteiger partial charge in [0.15, 0.2) is 5.65 Å². The smallest absolute Gasteiger partial charge is 0.163 e. The molecule has 0 spiro atoms. The van der Waals surface area contributed by atoms with Gasteiger partial charge in [0.1, 0.15) is 11.6 Å². The van der Waals surface area contributed by atoms with Crippen molar-refractivity contribution in [3.8, 4) is 11.3 Å². The zero-order valence-corrected chi connectivity index (χ0v) is 18.0. The number of aryl methyl sites for hydroxylation is 2. The highest BCUT2D eigenvalue weighted by Gasteiger charge is 2.29. The van der Waals surface area contributed by atoms with Gasteiger partial charge in [-0.15, -0.1) is 0 Å². The molecule has 1 aliphatic heterocycles. The van der Waals surface area contributed by atoms with Gasteiger partial charge in [-0.3, -0.25) is 4.68 Å². The van der Waals surface area contributed by atoms with Crippen molar-refractivity contribution in [2.45, 2.75) is 31.8 Å². The first kappa shape index (κ1) is 20.0. The van der Waals surface area contributed by atoms with Crippen molar-refractivity contribution >= 4 is 22.6 Å². The number of hydrogen-bond donors (Lipinski definition) is 0. The number of ether oxygens (including phenoxy) is 1. The normalized spacial score (nSPS) is 19.1. The number of hydrogen-bond acceptors (Lipinski definition) is 5. The molecule has 4 heterocycles. The number of pyridine rings is 1. The van der Waals surface area contributed by atoms with Crippen molar-refractivity contribution in [1.29, 1.82) is 0 Å². The lowest BCUT2D eigenvalue weighted by atomic mass is 9.92. The molecular weight excluding hydrogens is 417 g/mol. The van der Waals surface area contributed by atoms with E-state index in [1.54, 1.807) is 16.8 Å². The van der Waals surface area contributed by atoms with Crippen LogP contribution in [-0.4, -0.2) is 31.3 Å². The monoisotopic (exact) mass is 437 g/mol. The summed E-state index contributed by atoms with van der Waals surface area (Å²) in [7, 11) is 1.89. The molecule has 0 unspecified atom stereocenters. The first-order chi connectivity index (χ1) is 15.0. The van der Waals surface area contributed by atoms with E-state index in [0.717, 1.165) is 24.1 Å². The maximum absolute atomic E-state index is 14.8. The van der Waals surface area contributed by atoms with Gasteiger partial charge < -0.3 is 4.74 Å². The summed E-state index contributed by atoms with van der Waals surface area (Å²) in [5.41, 5.74) is 3.37. The van der Waals surface area contributed by atoms with Crippen LogP contribution in [0.15, 0.2) is 42.7 Å². The van der Waals surface area contributed by atoms with E-state index in [4.69, 9.17) is 26.3 Å². The number of nitrogens with zero attached hydrogens (tertiary/aromatic N) is 5. The lowest BCUT2D eigenvalue weighted by Gasteiger charge is -2.28. The zero-order valence-electron chi connectivity index (χ0n) is 17.2. The summed E-state index contributed by atoms with van der Waals surface area (Å²) in [5.74, 6) is 0.311. The van der Waals surface area contributed by atoms with Gasteiger partial charge in [-0.25, -0.2) is 19.3 Å². The molecule has 8 heteroatoms. The van der Waals surface area contributed by atoms with E-state index in [1.807, 2.05) is 38.5 Å². The second-order valence-corrected chi connectivity index (χ2v) is 8.34. The Morgan fingerprint density at radius 3 is 2.81 bits per heavy atom. The Hall–Kier alpha value is -2.90. The van der Waals surface area contributed by atoms with E-state index in [-0.39, 0.29) is 12.0 Å². The van der Waals surface area contributed by atoms with Gasteiger partial charge in [0, 0.05) is 53.0 Å². The Morgan fingerprint density at radius 1 is 1.16 bits per heavy atom. The van der Waals surface area contributed by atoms with Gasteiger partial charge in [0.25, 0.3) is 0 Å². The maximum Gasteiger partial charge on any atom is 0.163 e. The van der Waals surface area contributed by atoms with E-state index in [9.17, 15) is 4.39 Å². The summed E-state index contributed by atoms with van der Waals surface area (Å²) in [6.45, 7) is 2.51. The highest BCUT2D eigenvalue weighted by molar-refractivity contribution is 6.30. The van der Waals surface area contributed by atoms with Crippen LogP contribution in [0.3, 0.4) is 0 Å². The standard InChI is InChI=1S/C23H21ClFN5O/c1-13-3-5-18-21(17-6-4-16(24)10-19(17)25)28-22(29-23(18)27-13)14-7-8-31-20(9-14)15-11-26-30(2)12-15/h3-6,10-12,14,20H,7-9H2,1-2H3/t14-,20+/m0/s1. The lowest BCUT2D eigenvalue weighted by molar-refractivity contribution is 0.00398. The number of benzene rings is 1. The Bertz CT molecular complexity index is 1270. The van der Waals surface area contributed by atoms with Gasteiger partial charge >= 0.3 is 0 Å². The molecule has 4 aromatic rings. The van der Waals surface area contributed by atoms with E-state index < -0.39 is 5.82 Å². The summed E-state index contributed by atoms with van der Waals surface area (Å²) in [4.78, 5) is 14.2. The minimum atomic E-state index is -0.417. The minimum absolute atomic E-state index is 0.0692. The number of halogens is 2. The van der Waals surface area contributed by atoms with Crippen molar-refractivity contribution in [1.82, 2.24) is 24.7 Å². The lowest BCUT2D eigenvalue weighted by Crippen LogP contribution is -2.20. The van der Waals surface area contributed by atoms with Crippen LogP contribution in [0.1, 0.15) is 41.9 Å². The molecule has 3 aromatic heterocycles. The molecule has 5 rings (SSSR count). The van der Waals surface area contributed by atoms with Gasteiger partial charge in [-0.1, -0.05) is 11.6 Å². The average Bonchev–Trinajstić information content (AvgIpc) is 3.19. The number of fused-ring (bicyclic) bond motifs is 1. The molecule has 0 N–H and O–H groups in total. The van der Waals surface area contributed by atoms with Crippen molar-refractivity contribution in [2.75, 3.05) is 6.61 Å². The van der Waals surface area contributed by atoms with Crippen LogP contribution in [-0.2, 0) is 11.8 Å². The summed E-state index contributed by atoms with van der Waals surface area (Å²) >= 11 is 5.97. The SMILES string of the molecule is Cc1ccc2c(-c3ccc(Cl)cc3F)nc([C@H]3CCO[C@@H](c4cnn(C)c4)C3)nc2n1. The highest BCUT2D eigenvalue weighted by atomic mass is 35.5. The summed E-state index contributed by atoms with van der Waals surface area (Å²) < 4.78 is 22.6. The van der Waals surface area contributed by atoms with E-state index in [0.29, 0.717) is 39.7 Å². The molecule has 31 heavy (non-hydrogen) atoms. The van der Waals surface area contributed by atoms with Crippen LogP contribution in [0.25, 0.3) is 22.3 Å². The third-order valence-electron chi connectivity index (χ3n) is 5.65. The molecule has 0 bridgehead atoms.